The van der Waals surface area contributed by atoms with E-state index >= 15 is 0 Å². The summed E-state index contributed by atoms with van der Waals surface area (Å²) in [6, 6.07) is 89.9. The maximum Gasteiger partial charge on any atom is 0.160 e. The van der Waals surface area contributed by atoms with Crippen molar-refractivity contribution in [1.82, 2.24) is 9.97 Å². The number of fused-ring (bicyclic) bond motifs is 20. The second-order valence-corrected chi connectivity index (χ2v) is 19.7. The number of nitrogens with zero attached hydrogens (tertiary/aromatic N) is 2. The van der Waals surface area contributed by atoms with Crippen LogP contribution in [0.5, 0.6) is 0 Å². The van der Waals surface area contributed by atoms with Crippen molar-refractivity contribution < 1.29 is 0 Å². The van der Waals surface area contributed by atoms with E-state index in [1.54, 1.807) is 0 Å². The molecule has 0 bridgehead atoms. The Hall–Kier alpha value is -8.50. The summed E-state index contributed by atoms with van der Waals surface area (Å²) in [6.07, 6.45) is 0. The molecule has 69 heavy (non-hydrogen) atoms. The third kappa shape index (κ3) is 5.20. The fourth-order valence-corrected chi connectivity index (χ4v) is 13.9. The largest absolute Gasteiger partial charge is 0.228 e. The second-order valence-electron chi connectivity index (χ2n) is 18.7. The van der Waals surface area contributed by atoms with Crippen molar-refractivity contribution >= 4 is 31.5 Å². The molecule has 0 N–H and O–H groups in total. The molecule has 12 aromatic rings. The molecule has 3 aliphatic rings. The summed E-state index contributed by atoms with van der Waals surface area (Å²) in [4.78, 5) is 10.2. The van der Waals surface area contributed by atoms with Crippen molar-refractivity contribution in [2.24, 2.45) is 0 Å². The van der Waals surface area contributed by atoms with Crippen molar-refractivity contribution in [3.8, 4) is 67.3 Å². The average Bonchev–Trinajstić information content (AvgIpc) is 4.06. The SMILES string of the molecule is c1ccc(-c2cc(-c3ccc(-c4ccc5c(c4)-c4c(ccc6c4sc4ccccc46)C54c5ccccc5C5(c6ccccc6-c6ccccc65)c5ccccc54)cc3)nc(-c3ccccc3)n2)cc1. The Morgan fingerprint density at radius 2 is 0.739 bits per heavy atom. The van der Waals surface area contributed by atoms with Crippen molar-refractivity contribution in [3.63, 3.8) is 0 Å². The summed E-state index contributed by atoms with van der Waals surface area (Å²) in [5.74, 6) is 0.716. The quantitative estimate of drug-likeness (QED) is 0.176. The first-order valence-corrected chi connectivity index (χ1v) is 24.6. The fraction of sp³-hybridized carbons (Fsp3) is 0.0303. The molecule has 0 amide bonds. The Morgan fingerprint density at radius 3 is 1.36 bits per heavy atom. The van der Waals surface area contributed by atoms with Gasteiger partial charge in [-0.3, -0.25) is 0 Å². The van der Waals surface area contributed by atoms with Crippen LogP contribution in [0.25, 0.3) is 87.5 Å². The molecule has 3 heteroatoms. The van der Waals surface area contributed by atoms with Crippen LogP contribution in [0.4, 0.5) is 0 Å². The molecule has 3 aliphatic carbocycles. The Balaban J connectivity index is 0.955. The molecule has 2 spiro atoms. The van der Waals surface area contributed by atoms with Crippen molar-refractivity contribution in [2.75, 3.05) is 0 Å². The smallest absolute Gasteiger partial charge is 0.160 e. The van der Waals surface area contributed by atoms with Crippen LogP contribution in [0.2, 0.25) is 0 Å². The van der Waals surface area contributed by atoms with Crippen LogP contribution in [0.1, 0.15) is 44.5 Å². The third-order valence-electron chi connectivity index (χ3n) is 15.4. The maximum absolute atomic E-state index is 5.15. The minimum absolute atomic E-state index is 0.481. The van der Waals surface area contributed by atoms with Gasteiger partial charge in [-0.2, -0.15) is 0 Å². The molecule has 0 radical (unpaired) electrons. The number of hydrogen-bond donors (Lipinski definition) is 0. The second kappa shape index (κ2) is 14.5. The zero-order valence-electron chi connectivity index (χ0n) is 37.4. The molecule has 2 nitrogen and oxygen atoms in total. The molecule has 0 unspecified atom stereocenters. The average molecular weight is 893 g/mol. The van der Waals surface area contributed by atoms with Gasteiger partial charge in [-0.1, -0.05) is 224 Å². The van der Waals surface area contributed by atoms with Gasteiger partial charge >= 0.3 is 0 Å². The van der Waals surface area contributed by atoms with E-state index in [2.05, 4.69) is 218 Å². The fourth-order valence-electron chi connectivity index (χ4n) is 12.6. The van der Waals surface area contributed by atoms with Crippen LogP contribution >= 0.6 is 11.3 Å². The molecular formula is C66H40N2S. The van der Waals surface area contributed by atoms with E-state index < -0.39 is 10.8 Å². The monoisotopic (exact) mass is 892 g/mol. The topological polar surface area (TPSA) is 25.8 Å². The molecule has 10 aromatic carbocycles. The van der Waals surface area contributed by atoms with E-state index in [9.17, 15) is 0 Å². The highest BCUT2D eigenvalue weighted by atomic mass is 32.1. The highest BCUT2D eigenvalue weighted by Crippen LogP contribution is 2.68. The predicted octanol–water partition coefficient (Wildman–Crippen LogP) is 16.6. The van der Waals surface area contributed by atoms with E-state index in [4.69, 9.17) is 9.97 Å². The lowest BCUT2D eigenvalue weighted by atomic mass is 9.52. The van der Waals surface area contributed by atoms with Gasteiger partial charge in [0.25, 0.3) is 0 Å². The molecule has 0 saturated carbocycles. The lowest BCUT2D eigenvalue weighted by Gasteiger charge is -2.48. The normalized spacial score (nSPS) is 14.0. The van der Waals surface area contributed by atoms with Crippen LogP contribution in [-0.2, 0) is 10.8 Å². The van der Waals surface area contributed by atoms with Gasteiger partial charge < -0.3 is 0 Å². The van der Waals surface area contributed by atoms with Crippen molar-refractivity contribution in [3.05, 3.63) is 287 Å². The summed E-state index contributed by atoms with van der Waals surface area (Å²) >= 11 is 1.93. The minimum Gasteiger partial charge on any atom is -0.228 e. The van der Waals surface area contributed by atoms with E-state index in [0.717, 1.165) is 33.6 Å². The van der Waals surface area contributed by atoms with E-state index in [1.807, 2.05) is 35.6 Å². The highest BCUT2D eigenvalue weighted by Gasteiger charge is 2.59. The first-order valence-electron chi connectivity index (χ1n) is 23.8. The number of benzene rings is 10. The molecule has 0 atom stereocenters. The van der Waals surface area contributed by atoms with E-state index in [-0.39, 0.29) is 0 Å². The summed E-state index contributed by atoms with van der Waals surface area (Å²) in [5, 5.41) is 2.63. The van der Waals surface area contributed by atoms with Gasteiger partial charge in [0, 0.05) is 42.4 Å². The molecule has 0 fully saturated rings. The summed E-state index contributed by atoms with van der Waals surface area (Å²) in [5.41, 5.74) is 22.3. The van der Waals surface area contributed by atoms with Crippen LogP contribution in [0.3, 0.4) is 0 Å². The minimum atomic E-state index is -0.567. The first kappa shape index (κ1) is 38.6. The zero-order valence-corrected chi connectivity index (χ0v) is 38.2. The van der Waals surface area contributed by atoms with Gasteiger partial charge in [-0.15, -0.1) is 11.3 Å². The van der Waals surface area contributed by atoms with Gasteiger partial charge in [0.2, 0.25) is 0 Å². The lowest BCUT2D eigenvalue weighted by molar-refractivity contribution is 0.633. The van der Waals surface area contributed by atoms with Crippen molar-refractivity contribution in [2.45, 2.75) is 10.8 Å². The van der Waals surface area contributed by atoms with Gasteiger partial charge in [0.15, 0.2) is 5.82 Å². The first-order chi connectivity index (χ1) is 34.2. The zero-order chi connectivity index (χ0) is 45.3. The van der Waals surface area contributed by atoms with Crippen molar-refractivity contribution in [1.29, 1.82) is 0 Å². The molecular weight excluding hydrogens is 853 g/mol. The van der Waals surface area contributed by atoms with Crippen LogP contribution in [0, 0.1) is 0 Å². The Kier molecular flexibility index (Phi) is 8.11. The predicted molar refractivity (Wildman–Crippen MR) is 285 cm³/mol. The molecule has 2 heterocycles. The van der Waals surface area contributed by atoms with Gasteiger partial charge in [0.1, 0.15) is 0 Å². The van der Waals surface area contributed by atoms with Crippen LogP contribution in [-0.4, -0.2) is 9.97 Å². The van der Waals surface area contributed by atoms with Gasteiger partial charge in [-0.05, 0) is 90.5 Å². The van der Waals surface area contributed by atoms with Crippen LogP contribution in [0.15, 0.2) is 243 Å². The number of thiophene rings is 1. The number of aromatic nitrogens is 2. The molecule has 320 valence electrons. The standard InChI is InChI=1S/C66H40N2S/c1-3-17-42(18-4-1)59-40-60(68-64(67-59)44-19-5-2-6-20-44)43-33-31-41(32-34-43)45-35-37-53-50(39-45)62-58(38-36-49-48-23-9-16-30-61(48)69-63(49)62)66(53)56-28-14-12-26-54(56)65(55-27-13-15-29-57(55)66)51-24-10-7-21-46(51)47-22-8-11-25-52(47)65/h1-40H. The highest BCUT2D eigenvalue weighted by molar-refractivity contribution is 7.26. The third-order valence-corrected chi connectivity index (χ3v) is 16.6. The molecule has 0 saturated heterocycles. The van der Waals surface area contributed by atoms with Gasteiger partial charge in [-0.25, -0.2) is 9.97 Å². The van der Waals surface area contributed by atoms with E-state index in [1.165, 1.54) is 92.5 Å². The summed E-state index contributed by atoms with van der Waals surface area (Å²) in [7, 11) is 0. The van der Waals surface area contributed by atoms with Crippen LogP contribution < -0.4 is 0 Å². The Labute approximate surface area is 404 Å². The Morgan fingerprint density at radius 1 is 0.290 bits per heavy atom. The van der Waals surface area contributed by atoms with Gasteiger partial charge in [0.05, 0.1) is 22.2 Å². The number of hydrogen-bond acceptors (Lipinski definition) is 3. The maximum atomic E-state index is 5.15. The molecule has 15 rings (SSSR count). The lowest BCUT2D eigenvalue weighted by Crippen LogP contribution is -2.43. The summed E-state index contributed by atoms with van der Waals surface area (Å²) < 4.78 is 2.66. The molecule has 2 aromatic heterocycles. The van der Waals surface area contributed by atoms with E-state index in [0.29, 0.717) is 5.82 Å². The molecule has 0 aliphatic heterocycles. The summed E-state index contributed by atoms with van der Waals surface area (Å²) in [6.45, 7) is 0. The Bertz CT molecular complexity index is 3920. The number of rotatable bonds is 4.